The highest BCUT2D eigenvalue weighted by atomic mass is 16.7. The second kappa shape index (κ2) is 11.2. The van der Waals surface area contributed by atoms with Gasteiger partial charge in [-0.1, -0.05) is 0 Å². The average molecular weight is 440 g/mol. The normalized spacial score (nSPS) is 13.9. The Morgan fingerprint density at radius 2 is 1.53 bits per heavy atom. The average Bonchev–Trinajstić information content (AvgIpc) is 2.83. The summed E-state index contributed by atoms with van der Waals surface area (Å²) in [5.41, 5.74) is 1.13. The number of nitrogens with one attached hydrogen (secondary N) is 1. The predicted octanol–water partition coefficient (Wildman–Crippen LogP) is 3.51. The molecule has 3 rings (SSSR count). The molecule has 1 N–H and O–H groups in total. The maximum absolute atomic E-state index is 12.8. The maximum Gasteiger partial charge on any atom is 0.513 e. The van der Waals surface area contributed by atoms with Crippen molar-refractivity contribution in [2.45, 2.75) is 19.8 Å². The summed E-state index contributed by atoms with van der Waals surface area (Å²) in [4.78, 5) is 38.2. The number of rotatable bonds is 7. The van der Waals surface area contributed by atoms with Gasteiger partial charge >= 0.3 is 6.16 Å². The molecule has 0 unspecified atom stereocenters. The molecule has 1 aliphatic rings. The van der Waals surface area contributed by atoms with Crippen molar-refractivity contribution >= 4 is 18.0 Å². The van der Waals surface area contributed by atoms with Crippen LogP contribution in [0.3, 0.4) is 0 Å². The second-order valence-corrected chi connectivity index (χ2v) is 7.48. The van der Waals surface area contributed by atoms with Gasteiger partial charge in [-0.2, -0.15) is 0 Å². The van der Waals surface area contributed by atoms with Gasteiger partial charge in [-0.15, -0.1) is 0 Å². The summed E-state index contributed by atoms with van der Waals surface area (Å²) in [5, 5.41) is 2.98. The number of likely N-dealkylation sites (tertiary alicyclic amines) is 1. The number of ether oxygens (including phenoxy) is 3. The number of hydrogen-bond acceptors (Lipinski definition) is 6. The zero-order valence-electron chi connectivity index (χ0n) is 18.3. The van der Waals surface area contributed by atoms with Crippen LogP contribution >= 0.6 is 0 Å². The van der Waals surface area contributed by atoms with Crippen LogP contribution in [0.5, 0.6) is 11.5 Å². The smallest absolute Gasteiger partial charge is 0.497 e. The van der Waals surface area contributed by atoms with E-state index in [1.807, 2.05) is 4.90 Å². The first-order chi connectivity index (χ1) is 15.5. The van der Waals surface area contributed by atoms with Crippen molar-refractivity contribution in [3.05, 3.63) is 59.7 Å². The molecule has 0 aliphatic carbocycles. The number of carbonyl (C=O) groups is 3. The topological polar surface area (TPSA) is 94.2 Å². The van der Waals surface area contributed by atoms with Crippen LogP contribution in [-0.2, 0) is 4.74 Å². The second-order valence-electron chi connectivity index (χ2n) is 7.48. The van der Waals surface area contributed by atoms with E-state index in [9.17, 15) is 14.4 Å². The van der Waals surface area contributed by atoms with Crippen molar-refractivity contribution in [2.75, 3.05) is 33.4 Å². The molecule has 0 radical (unpaired) electrons. The molecule has 2 amide bonds. The van der Waals surface area contributed by atoms with E-state index in [-0.39, 0.29) is 18.4 Å². The van der Waals surface area contributed by atoms with Gasteiger partial charge in [0.05, 0.1) is 13.7 Å². The van der Waals surface area contributed by atoms with E-state index in [4.69, 9.17) is 14.2 Å². The quantitative estimate of drug-likeness (QED) is 0.523. The van der Waals surface area contributed by atoms with Crippen molar-refractivity contribution < 1.29 is 28.6 Å². The third-order valence-corrected chi connectivity index (χ3v) is 5.37. The molecular weight excluding hydrogens is 412 g/mol. The van der Waals surface area contributed by atoms with Crippen LogP contribution in [0, 0.1) is 5.92 Å². The lowest BCUT2D eigenvalue weighted by atomic mass is 9.96. The molecule has 1 fully saturated rings. The van der Waals surface area contributed by atoms with Crippen molar-refractivity contribution in [3.63, 3.8) is 0 Å². The minimum Gasteiger partial charge on any atom is -0.497 e. The van der Waals surface area contributed by atoms with Gasteiger partial charge in [0.1, 0.15) is 11.5 Å². The highest BCUT2D eigenvalue weighted by molar-refractivity contribution is 5.95. The summed E-state index contributed by atoms with van der Waals surface area (Å²) in [5.74, 6) is 1.18. The molecule has 32 heavy (non-hydrogen) atoms. The Morgan fingerprint density at radius 3 is 2.12 bits per heavy atom. The molecule has 0 bridgehead atoms. The van der Waals surface area contributed by atoms with Crippen molar-refractivity contribution in [1.82, 2.24) is 10.2 Å². The van der Waals surface area contributed by atoms with Gasteiger partial charge < -0.3 is 24.4 Å². The summed E-state index contributed by atoms with van der Waals surface area (Å²) in [6, 6.07) is 13.4. The molecular formula is C24H28N2O6. The predicted molar refractivity (Wildman–Crippen MR) is 118 cm³/mol. The largest absolute Gasteiger partial charge is 0.513 e. The molecule has 0 spiro atoms. The van der Waals surface area contributed by atoms with E-state index in [1.165, 1.54) is 0 Å². The third-order valence-electron chi connectivity index (χ3n) is 5.37. The minimum absolute atomic E-state index is 0.0617. The Balaban J connectivity index is 1.44. The molecule has 2 aromatic rings. The van der Waals surface area contributed by atoms with Gasteiger partial charge in [0.2, 0.25) is 0 Å². The molecule has 2 aromatic carbocycles. The van der Waals surface area contributed by atoms with E-state index in [0.717, 1.165) is 12.8 Å². The van der Waals surface area contributed by atoms with Crippen LogP contribution in [0.25, 0.3) is 0 Å². The summed E-state index contributed by atoms with van der Waals surface area (Å²) < 4.78 is 14.8. The first kappa shape index (κ1) is 23.1. The molecule has 8 nitrogen and oxygen atoms in total. The molecule has 1 aliphatic heterocycles. The highest BCUT2D eigenvalue weighted by Gasteiger charge is 2.24. The lowest BCUT2D eigenvalue weighted by Crippen LogP contribution is -2.41. The Kier molecular flexibility index (Phi) is 8.08. The van der Waals surface area contributed by atoms with Gasteiger partial charge in [0, 0.05) is 30.8 Å². The number of piperidine rings is 1. The van der Waals surface area contributed by atoms with Crippen LogP contribution in [0.1, 0.15) is 40.5 Å². The van der Waals surface area contributed by atoms with Crippen LogP contribution in [0.2, 0.25) is 0 Å². The molecule has 170 valence electrons. The fraction of sp³-hybridized carbons (Fsp3) is 0.375. The number of carbonyl (C=O) groups excluding carboxylic acids is 3. The lowest BCUT2D eigenvalue weighted by molar-refractivity contribution is 0.0684. The molecule has 1 heterocycles. The number of nitrogens with zero attached hydrogens (tertiary/aromatic N) is 1. The lowest BCUT2D eigenvalue weighted by Gasteiger charge is -2.32. The fourth-order valence-corrected chi connectivity index (χ4v) is 3.51. The zero-order valence-corrected chi connectivity index (χ0v) is 18.3. The Hall–Kier alpha value is -3.55. The number of benzene rings is 2. The molecule has 0 atom stereocenters. The van der Waals surface area contributed by atoms with E-state index >= 15 is 0 Å². The standard InChI is InChI=1S/C24H28N2O6/c1-3-31-24(29)32-21-10-6-19(7-11-21)23(28)26-14-12-17(13-15-26)16-25-22(27)18-4-8-20(30-2)9-5-18/h4-11,17H,3,12-16H2,1-2H3,(H,25,27). The van der Waals surface area contributed by atoms with Crippen LogP contribution in [0.4, 0.5) is 4.79 Å². The Labute approximate surface area is 187 Å². The van der Waals surface area contributed by atoms with Crippen molar-refractivity contribution in [2.24, 2.45) is 5.92 Å². The summed E-state index contributed by atoms with van der Waals surface area (Å²) in [7, 11) is 1.59. The fourth-order valence-electron chi connectivity index (χ4n) is 3.51. The van der Waals surface area contributed by atoms with Gasteiger partial charge in [-0.25, -0.2) is 4.79 Å². The monoisotopic (exact) mass is 440 g/mol. The summed E-state index contributed by atoms with van der Waals surface area (Å²) in [6.45, 7) is 3.76. The Bertz CT molecular complexity index is 919. The van der Waals surface area contributed by atoms with Gasteiger partial charge in [0.25, 0.3) is 11.8 Å². The molecule has 0 aromatic heterocycles. The summed E-state index contributed by atoms with van der Waals surface area (Å²) >= 11 is 0. The number of hydrogen-bond donors (Lipinski definition) is 1. The maximum atomic E-state index is 12.8. The van der Waals surface area contributed by atoms with Crippen LogP contribution in [-0.4, -0.2) is 56.2 Å². The van der Waals surface area contributed by atoms with Crippen LogP contribution in [0.15, 0.2) is 48.5 Å². The SMILES string of the molecule is CCOC(=O)Oc1ccc(C(=O)N2CCC(CNC(=O)c3ccc(OC)cc3)CC2)cc1. The van der Waals surface area contributed by atoms with E-state index in [1.54, 1.807) is 62.6 Å². The number of methoxy groups -OCH3 is 1. The van der Waals surface area contributed by atoms with Gasteiger partial charge in [-0.3, -0.25) is 9.59 Å². The third kappa shape index (κ3) is 6.23. The zero-order chi connectivity index (χ0) is 22.9. The van der Waals surface area contributed by atoms with E-state index in [2.05, 4.69) is 5.32 Å². The first-order valence-electron chi connectivity index (χ1n) is 10.7. The molecule has 8 heteroatoms. The van der Waals surface area contributed by atoms with Crippen molar-refractivity contribution in [3.8, 4) is 11.5 Å². The van der Waals surface area contributed by atoms with Crippen LogP contribution < -0.4 is 14.8 Å². The Morgan fingerprint density at radius 1 is 0.938 bits per heavy atom. The number of amides is 2. The van der Waals surface area contributed by atoms with E-state index < -0.39 is 6.16 Å². The summed E-state index contributed by atoms with van der Waals surface area (Å²) in [6.07, 6.45) is 0.866. The first-order valence-corrected chi connectivity index (χ1v) is 10.7. The van der Waals surface area contributed by atoms with Gasteiger partial charge in [-0.05, 0) is 74.2 Å². The highest BCUT2D eigenvalue weighted by Crippen LogP contribution is 2.20. The van der Waals surface area contributed by atoms with E-state index in [0.29, 0.717) is 48.2 Å². The molecule has 0 saturated carbocycles. The minimum atomic E-state index is -0.771. The molecule has 1 saturated heterocycles. The van der Waals surface area contributed by atoms with Gasteiger partial charge in [0.15, 0.2) is 0 Å². The van der Waals surface area contributed by atoms with Crippen molar-refractivity contribution in [1.29, 1.82) is 0 Å².